The van der Waals surface area contributed by atoms with Crippen LogP contribution in [0.3, 0.4) is 0 Å². The van der Waals surface area contributed by atoms with E-state index in [1.807, 2.05) is 30.6 Å². The Morgan fingerprint density at radius 2 is 1.80 bits per heavy atom. The monoisotopic (exact) mass is 696 g/mol. The van der Waals surface area contributed by atoms with Crippen molar-refractivity contribution >= 4 is 17.6 Å². The molecule has 2 fully saturated rings. The number of benzene rings is 2. The van der Waals surface area contributed by atoms with Crippen molar-refractivity contribution in [3.8, 4) is 16.9 Å². The van der Waals surface area contributed by atoms with Gasteiger partial charge in [0.1, 0.15) is 24.1 Å². The first-order valence-corrected chi connectivity index (χ1v) is 17.6. The highest BCUT2D eigenvalue weighted by atomic mass is 35.5. The van der Waals surface area contributed by atoms with Gasteiger partial charge in [-0.1, -0.05) is 55.3 Å². The molecule has 2 amide bonds. The number of carbonyl (C=O) groups excluding carboxylic acids is 1. The van der Waals surface area contributed by atoms with Crippen molar-refractivity contribution in [1.82, 2.24) is 20.9 Å². The highest BCUT2D eigenvalue weighted by Crippen LogP contribution is 2.50. The molecule has 1 unspecified atom stereocenters. The maximum Gasteiger partial charge on any atom is 0.315 e. The minimum atomic E-state index is -1.73. The van der Waals surface area contributed by atoms with Crippen LogP contribution in [0.1, 0.15) is 74.5 Å². The lowest BCUT2D eigenvalue weighted by Gasteiger charge is -2.28. The highest BCUT2D eigenvalue weighted by Gasteiger charge is 2.46. The van der Waals surface area contributed by atoms with Crippen LogP contribution in [0.2, 0.25) is 5.02 Å². The minimum absolute atomic E-state index is 0.184. The molecular weight excluding hydrogens is 648 g/mol. The van der Waals surface area contributed by atoms with E-state index >= 15 is 0 Å². The summed E-state index contributed by atoms with van der Waals surface area (Å²) in [5, 5.41) is 57.6. The highest BCUT2D eigenvalue weighted by molar-refractivity contribution is 6.31. The predicted molar refractivity (Wildman–Crippen MR) is 187 cm³/mol. The summed E-state index contributed by atoms with van der Waals surface area (Å²) in [7, 11) is 0. The second-order valence-corrected chi connectivity index (χ2v) is 13.7. The predicted octanol–water partition coefficient (Wildman–Crippen LogP) is 3.73. The van der Waals surface area contributed by atoms with E-state index in [1.165, 1.54) is 11.1 Å². The first-order valence-electron chi connectivity index (χ1n) is 17.2. The molecule has 2 saturated carbocycles. The molecule has 0 aliphatic heterocycles. The van der Waals surface area contributed by atoms with Gasteiger partial charge < -0.3 is 46.2 Å². The van der Waals surface area contributed by atoms with E-state index in [2.05, 4.69) is 58.2 Å². The Morgan fingerprint density at radius 3 is 2.51 bits per heavy atom. The van der Waals surface area contributed by atoms with Gasteiger partial charge in [0.2, 0.25) is 0 Å². The first-order chi connectivity index (χ1) is 23.7. The summed E-state index contributed by atoms with van der Waals surface area (Å²) in [5.74, 6) is 1.18. The molecule has 5 atom stereocenters. The summed E-state index contributed by atoms with van der Waals surface area (Å²) in [5.41, 5.74) is 5.44. The van der Waals surface area contributed by atoms with Crippen LogP contribution in [0.15, 0.2) is 60.9 Å². The van der Waals surface area contributed by atoms with E-state index in [-0.39, 0.29) is 11.5 Å². The van der Waals surface area contributed by atoms with E-state index in [4.69, 9.17) is 21.4 Å². The molecule has 5 rings (SSSR count). The largest absolute Gasteiger partial charge is 0.490 e. The average molecular weight is 697 g/mol. The van der Waals surface area contributed by atoms with Crippen LogP contribution in [-0.2, 0) is 12.1 Å². The number of hydrogen-bond acceptors (Lipinski definition) is 9. The van der Waals surface area contributed by atoms with Crippen LogP contribution >= 0.6 is 11.6 Å². The molecule has 2 aromatic carbocycles. The van der Waals surface area contributed by atoms with Crippen molar-refractivity contribution in [3.05, 3.63) is 82.6 Å². The third-order valence-corrected chi connectivity index (χ3v) is 9.91. The summed E-state index contributed by atoms with van der Waals surface area (Å²) in [6.45, 7) is 1.74. The Hall–Kier alpha value is -3.29. The van der Waals surface area contributed by atoms with Crippen LogP contribution in [0.25, 0.3) is 11.1 Å². The summed E-state index contributed by atoms with van der Waals surface area (Å²) in [4.78, 5) is 16.8. The number of para-hydroxylation sites is 1. The van der Waals surface area contributed by atoms with Gasteiger partial charge in [-0.2, -0.15) is 0 Å². The molecule has 1 aromatic heterocycles. The molecule has 8 N–H and O–H groups in total. The molecule has 2 aliphatic rings. The van der Waals surface area contributed by atoms with E-state index in [1.54, 1.807) is 0 Å². The number of rotatable bonds is 19. The quantitative estimate of drug-likeness (QED) is 0.0869. The molecule has 0 bridgehead atoms. The summed E-state index contributed by atoms with van der Waals surface area (Å²) < 4.78 is 6.26. The normalized spacial score (nSPS) is 18.2. The fourth-order valence-electron chi connectivity index (χ4n) is 6.11. The lowest BCUT2D eigenvalue weighted by atomic mass is 9.93. The number of amides is 2. The topological polar surface area (TPSA) is 176 Å². The van der Waals surface area contributed by atoms with Gasteiger partial charge >= 0.3 is 6.03 Å². The zero-order chi connectivity index (χ0) is 35.0. The van der Waals surface area contributed by atoms with Gasteiger partial charge in [0.05, 0.1) is 25.4 Å². The number of nitrogens with one attached hydrogen (secondary N) is 3. The average Bonchev–Trinajstić information content (AvgIpc) is 4.07. The SMILES string of the molecule is CC(CCCCNC(=O)N[C@@H](CO)[C@@H](O)[C@H](O)[C@H](O)CO)c1ccc(Cl)c(CNC2(c3cnccc3-c3ccccc3OC3CC3)CC2)c1. The molecule has 2 aliphatic carbocycles. The first kappa shape index (κ1) is 37.0. The maximum atomic E-state index is 12.3. The van der Waals surface area contributed by atoms with Gasteiger partial charge in [-0.3, -0.25) is 4.98 Å². The lowest BCUT2D eigenvalue weighted by molar-refractivity contribution is -0.0902. The zero-order valence-corrected chi connectivity index (χ0v) is 28.6. The second-order valence-electron chi connectivity index (χ2n) is 13.3. The van der Waals surface area contributed by atoms with Crippen molar-refractivity contribution in [2.45, 2.75) is 100 Å². The molecule has 11 nitrogen and oxygen atoms in total. The Morgan fingerprint density at radius 1 is 1.02 bits per heavy atom. The molecule has 0 spiro atoms. The van der Waals surface area contributed by atoms with Gasteiger partial charge in [-0.25, -0.2) is 4.79 Å². The third-order valence-electron chi connectivity index (χ3n) is 9.54. The molecule has 266 valence electrons. The fraction of sp³-hybridized carbons (Fsp3) is 0.514. The van der Waals surface area contributed by atoms with Gasteiger partial charge in [0, 0.05) is 41.6 Å². The van der Waals surface area contributed by atoms with Crippen molar-refractivity contribution in [2.24, 2.45) is 0 Å². The van der Waals surface area contributed by atoms with E-state index < -0.39 is 43.6 Å². The van der Waals surface area contributed by atoms with Crippen LogP contribution < -0.4 is 20.7 Å². The number of unbranched alkanes of at least 4 members (excludes halogenated alkanes) is 1. The van der Waals surface area contributed by atoms with Gasteiger partial charge in [0.15, 0.2) is 0 Å². The smallest absolute Gasteiger partial charge is 0.315 e. The van der Waals surface area contributed by atoms with Crippen molar-refractivity contribution in [3.63, 3.8) is 0 Å². The molecule has 49 heavy (non-hydrogen) atoms. The van der Waals surface area contributed by atoms with E-state index in [9.17, 15) is 25.2 Å². The lowest BCUT2D eigenvalue weighted by Crippen LogP contribution is -2.56. The number of carbonyl (C=O) groups is 1. The van der Waals surface area contributed by atoms with Gasteiger partial charge in [0.25, 0.3) is 0 Å². The molecule has 0 radical (unpaired) electrons. The Balaban J connectivity index is 1.12. The Bertz CT molecular complexity index is 1540. The number of pyridine rings is 1. The van der Waals surface area contributed by atoms with E-state index in [0.717, 1.165) is 61.0 Å². The van der Waals surface area contributed by atoms with Crippen LogP contribution in [0.4, 0.5) is 4.79 Å². The standard InChI is InChI=1S/C37H49ClN4O7/c1-23(6-4-5-16-40-36(48)42-31(21-43)34(46)35(47)32(45)22-44)24-9-12-30(38)25(18-24)19-41-37(14-15-37)29-20-39-17-13-27(29)28-7-2-3-8-33(28)49-26-10-11-26/h2-3,7-9,12-13,17-18,20,23,26,31-32,34-35,41,43-47H,4-6,10-11,14-16,19,21-22H2,1H3,(H2,40,42,48)/t23?,31-,32+,34+,35+/m0/s1. The van der Waals surface area contributed by atoms with Gasteiger partial charge in [-0.05, 0) is 84.9 Å². The number of nitrogens with zero attached hydrogens (tertiary/aromatic N) is 1. The molecule has 12 heteroatoms. The number of ether oxygens (including phenoxy) is 1. The molecule has 0 saturated heterocycles. The van der Waals surface area contributed by atoms with Gasteiger partial charge in [-0.15, -0.1) is 0 Å². The maximum absolute atomic E-state index is 12.3. The number of aromatic nitrogens is 1. The number of halogens is 1. The summed E-state index contributed by atoms with van der Waals surface area (Å²) >= 11 is 6.70. The molecular formula is C37H49ClN4O7. The summed E-state index contributed by atoms with van der Waals surface area (Å²) in [6, 6.07) is 14.7. The second kappa shape index (κ2) is 17.1. The minimum Gasteiger partial charge on any atom is -0.490 e. The zero-order valence-electron chi connectivity index (χ0n) is 27.9. The fourth-order valence-corrected chi connectivity index (χ4v) is 6.30. The van der Waals surface area contributed by atoms with Crippen molar-refractivity contribution in [2.75, 3.05) is 19.8 Å². The number of aliphatic hydroxyl groups is 5. The Labute approximate surface area is 292 Å². The number of hydrogen-bond donors (Lipinski definition) is 8. The van der Waals surface area contributed by atoms with Crippen molar-refractivity contribution < 1.29 is 35.1 Å². The van der Waals surface area contributed by atoms with E-state index in [0.29, 0.717) is 30.6 Å². The third kappa shape index (κ3) is 9.70. The molecule has 1 heterocycles. The van der Waals surface area contributed by atoms with Crippen LogP contribution in [0, 0.1) is 0 Å². The Kier molecular flexibility index (Phi) is 12.9. The van der Waals surface area contributed by atoms with Crippen LogP contribution in [0.5, 0.6) is 5.75 Å². The van der Waals surface area contributed by atoms with Crippen molar-refractivity contribution in [1.29, 1.82) is 0 Å². The van der Waals surface area contributed by atoms with Crippen LogP contribution in [-0.4, -0.2) is 86.8 Å². The number of urea groups is 1. The molecule has 3 aromatic rings. The summed E-state index contributed by atoms with van der Waals surface area (Å²) in [6.07, 6.45) is 5.82. The number of aliphatic hydroxyl groups excluding tert-OH is 5.